The summed E-state index contributed by atoms with van der Waals surface area (Å²) in [6.07, 6.45) is 2.71. The van der Waals surface area contributed by atoms with Crippen LogP contribution in [0.15, 0.2) is 30.3 Å². The third-order valence-corrected chi connectivity index (χ3v) is 3.44. The summed E-state index contributed by atoms with van der Waals surface area (Å²) in [5, 5.41) is 10.2. The molecule has 0 saturated carbocycles. The molecule has 1 saturated heterocycles. The Morgan fingerprint density at radius 1 is 1.38 bits per heavy atom. The summed E-state index contributed by atoms with van der Waals surface area (Å²) in [5.41, 5.74) is 1.21. The second-order valence-corrected chi connectivity index (χ2v) is 4.53. The van der Waals surface area contributed by atoms with Gasteiger partial charge in [0, 0.05) is 12.5 Å². The second-order valence-electron chi connectivity index (χ2n) is 4.53. The maximum atomic E-state index is 10.2. The lowest BCUT2D eigenvalue weighted by Gasteiger charge is -2.22. The molecule has 0 amide bonds. The Bertz CT molecular complexity index is 310. The zero-order valence-electron chi connectivity index (χ0n) is 9.80. The van der Waals surface area contributed by atoms with Crippen molar-refractivity contribution in [3.05, 3.63) is 35.9 Å². The van der Waals surface area contributed by atoms with Gasteiger partial charge in [0.2, 0.25) is 0 Å². The van der Waals surface area contributed by atoms with E-state index in [9.17, 15) is 5.11 Å². The van der Waals surface area contributed by atoms with E-state index in [1.165, 1.54) is 5.56 Å². The second kappa shape index (κ2) is 5.46. The molecule has 0 radical (unpaired) electrons. The first-order valence-corrected chi connectivity index (χ1v) is 6.15. The van der Waals surface area contributed by atoms with Gasteiger partial charge in [-0.15, -0.1) is 0 Å². The highest BCUT2D eigenvalue weighted by Gasteiger charge is 2.32. The largest absolute Gasteiger partial charge is 0.392 e. The van der Waals surface area contributed by atoms with Crippen molar-refractivity contribution in [1.29, 1.82) is 0 Å². The molecule has 1 heterocycles. The van der Waals surface area contributed by atoms with Gasteiger partial charge in [0.05, 0.1) is 12.2 Å². The van der Waals surface area contributed by atoms with E-state index in [1.54, 1.807) is 0 Å². The van der Waals surface area contributed by atoms with Gasteiger partial charge in [-0.3, -0.25) is 0 Å². The summed E-state index contributed by atoms with van der Waals surface area (Å²) >= 11 is 0. The van der Waals surface area contributed by atoms with Gasteiger partial charge in [-0.05, 0) is 24.8 Å². The fourth-order valence-corrected chi connectivity index (χ4v) is 2.53. The van der Waals surface area contributed by atoms with Crippen LogP contribution in [-0.2, 0) is 11.2 Å². The first kappa shape index (κ1) is 11.6. The van der Waals surface area contributed by atoms with Gasteiger partial charge in [-0.1, -0.05) is 37.3 Å². The van der Waals surface area contributed by atoms with Crippen LogP contribution in [0, 0.1) is 5.92 Å². The van der Waals surface area contributed by atoms with Crippen LogP contribution in [0.4, 0.5) is 0 Å². The molecule has 1 aliphatic rings. The number of aliphatic hydroxyl groups is 1. The van der Waals surface area contributed by atoms with E-state index < -0.39 is 0 Å². The highest BCUT2D eigenvalue weighted by molar-refractivity contribution is 5.15. The molecule has 16 heavy (non-hydrogen) atoms. The van der Waals surface area contributed by atoms with E-state index in [0.29, 0.717) is 5.92 Å². The molecule has 0 bridgehead atoms. The Balaban J connectivity index is 1.95. The zero-order valence-corrected chi connectivity index (χ0v) is 9.80. The third-order valence-electron chi connectivity index (χ3n) is 3.44. The molecular formula is C14H20O2. The van der Waals surface area contributed by atoms with Crippen molar-refractivity contribution in [2.24, 2.45) is 5.92 Å². The molecular weight excluding hydrogens is 200 g/mol. The monoisotopic (exact) mass is 220 g/mol. The minimum Gasteiger partial charge on any atom is -0.392 e. The van der Waals surface area contributed by atoms with Gasteiger partial charge >= 0.3 is 0 Å². The van der Waals surface area contributed by atoms with E-state index >= 15 is 0 Å². The number of hydrogen-bond donors (Lipinski definition) is 1. The Kier molecular flexibility index (Phi) is 3.97. The minimum absolute atomic E-state index is 0.249. The van der Waals surface area contributed by atoms with Crippen LogP contribution in [0.3, 0.4) is 0 Å². The topological polar surface area (TPSA) is 29.5 Å². The van der Waals surface area contributed by atoms with Crippen molar-refractivity contribution in [2.75, 3.05) is 6.61 Å². The lowest BCUT2D eigenvalue weighted by atomic mass is 9.89. The first-order chi connectivity index (χ1) is 7.81. The molecule has 0 aliphatic carbocycles. The van der Waals surface area contributed by atoms with Crippen molar-refractivity contribution in [3.8, 4) is 0 Å². The summed E-state index contributed by atoms with van der Waals surface area (Å²) < 4.78 is 5.61. The van der Waals surface area contributed by atoms with Crippen LogP contribution < -0.4 is 0 Å². The molecule has 1 aromatic rings. The minimum atomic E-state index is -0.269. The van der Waals surface area contributed by atoms with Crippen molar-refractivity contribution in [3.63, 3.8) is 0 Å². The van der Waals surface area contributed by atoms with Crippen molar-refractivity contribution in [1.82, 2.24) is 0 Å². The fourth-order valence-electron chi connectivity index (χ4n) is 2.53. The highest BCUT2D eigenvalue weighted by Crippen LogP contribution is 2.28. The average molecular weight is 220 g/mol. The quantitative estimate of drug-likeness (QED) is 0.844. The Morgan fingerprint density at radius 3 is 2.81 bits per heavy atom. The predicted molar refractivity (Wildman–Crippen MR) is 64.3 cm³/mol. The molecule has 1 N–H and O–H groups in total. The molecule has 2 rings (SSSR count). The Labute approximate surface area is 97.3 Å². The Morgan fingerprint density at radius 2 is 2.12 bits per heavy atom. The van der Waals surface area contributed by atoms with Crippen LogP contribution in [0.1, 0.15) is 25.3 Å². The van der Waals surface area contributed by atoms with Gasteiger partial charge in [0.15, 0.2) is 0 Å². The number of aliphatic hydroxyl groups excluding tert-OH is 1. The van der Waals surface area contributed by atoms with Gasteiger partial charge in [0.1, 0.15) is 0 Å². The SMILES string of the molecule is CCC1OCCC1C(O)Cc1ccccc1. The zero-order chi connectivity index (χ0) is 11.4. The molecule has 0 aromatic heterocycles. The summed E-state index contributed by atoms with van der Waals surface area (Å²) in [6, 6.07) is 10.2. The summed E-state index contributed by atoms with van der Waals surface area (Å²) in [5.74, 6) is 0.310. The van der Waals surface area contributed by atoms with Gasteiger partial charge in [-0.2, -0.15) is 0 Å². The van der Waals surface area contributed by atoms with Crippen LogP contribution in [0.25, 0.3) is 0 Å². The summed E-state index contributed by atoms with van der Waals surface area (Å²) in [6.45, 7) is 2.92. The van der Waals surface area contributed by atoms with Crippen LogP contribution >= 0.6 is 0 Å². The van der Waals surface area contributed by atoms with Crippen molar-refractivity contribution < 1.29 is 9.84 Å². The highest BCUT2D eigenvalue weighted by atomic mass is 16.5. The molecule has 1 aromatic carbocycles. The van der Waals surface area contributed by atoms with Gasteiger partial charge < -0.3 is 9.84 Å². The van der Waals surface area contributed by atoms with E-state index in [2.05, 4.69) is 19.1 Å². The first-order valence-electron chi connectivity index (χ1n) is 6.15. The van der Waals surface area contributed by atoms with Crippen LogP contribution in [0.2, 0.25) is 0 Å². The van der Waals surface area contributed by atoms with E-state index in [4.69, 9.17) is 4.74 Å². The van der Waals surface area contributed by atoms with E-state index in [-0.39, 0.29) is 12.2 Å². The molecule has 3 unspecified atom stereocenters. The van der Waals surface area contributed by atoms with Crippen molar-refractivity contribution >= 4 is 0 Å². The summed E-state index contributed by atoms with van der Waals surface area (Å²) in [7, 11) is 0. The van der Waals surface area contributed by atoms with Crippen LogP contribution in [-0.4, -0.2) is 23.9 Å². The molecule has 0 spiro atoms. The predicted octanol–water partition coefficient (Wildman–Crippen LogP) is 2.41. The van der Waals surface area contributed by atoms with E-state index in [0.717, 1.165) is 25.9 Å². The molecule has 1 fully saturated rings. The standard InChI is InChI=1S/C14H20O2/c1-2-14-12(8-9-16-14)13(15)10-11-6-4-3-5-7-11/h3-7,12-15H,2,8-10H2,1H3. The molecule has 1 aliphatic heterocycles. The van der Waals surface area contributed by atoms with Crippen LogP contribution in [0.5, 0.6) is 0 Å². The fraction of sp³-hybridized carbons (Fsp3) is 0.571. The average Bonchev–Trinajstić information content (AvgIpc) is 2.78. The maximum absolute atomic E-state index is 10.2. The molecule has 2 nitrogen and oxygen atoms in total. The van der Waals surface area contributed by atoms with Gasteiger partial charge in [0.25, 0.3) is 0 Å². The van der Waals surface area contributed by atoms with Gasteiger partial charge in [-0.25, -0.2) is 0 Å². The lowest BCUT2D eigenvalue weighted by Crippen LogP contribution is -2.29. The Hall–Kier alpha value is -0.860. The molecule has 2 heteroatoms. The number of hydrogen-bond acceptors (Lipinski definition) is 2. The number of benzene rings is 1. The third kappa shape index (κ3) is 2.63. The number of rotatable bonds is 4. The molecule has 3 atom stereocenters. The molecule has 88 valence electrons. The smallest absolute Gasteiger partial charge is 0.0634 e. The van der Waals surface area contributed by atoms with E-state index in [1.807, 2.05) is 18.2 Å². The maximum Gasteiger partial charge on any atom is 0.0634 e. The number of ether oxygens (including phenoxy) is 1. The lowest BCUT2D eigenvalue weighted by molar-refractivity contribution is 0.0318. The normalized spacial score (nSPS) is 26.9. The summed E-state index contributed by atoms with van der Waals surface area (Å²) in [4.78, 5) is 0. The van der Waals surface area contributed by atoms with Crippen molar-refractivity contribution in [2.45, 2.75) is 38.4 Å².